The number of thiazole rings is 1. The van der Waals surface area contributed by atoms with Crippen molar-refractivity contribution in [3.05, 3.63) is 95.0 Å². The van der Waals surface area contributed by atoms with Crippen molar-refractivity contribution in [1.82, 2.24) is 40.4 Å². The molecule has 302 valence electrons. The van der Waals surface area contributed by atoms with Crippen LogP contribution in [0.3, 0.4) is 0 Å². The minimum absolute atomic E-state index is 0.0568. The van der Waals surface area contributed by atoms with Gasteiger partial charge in [-0.3, -0.25) is 9.59 Å². The number of phenols is 1. The fourth-order valence-electron chi connectivity index (χ4n) is 8.00. The molecule has 0 bridgehead atoms. The fraction of sp³-hybridized carbons (Fsp3) is 0.395. The highest BCUT2D eigenvalue weighted by atomic mass is 32.1. The molecule has 2 saturated heterocycles. The highest BCUT2D eigenvalue weighted by Crippen LogP contribution is 2.35. The second-order valence-electron chi connectivity index (χ2n) is 15.7. The van der Waals surface area contributed by atoms with Gasteiger partial charge in [-0.05, 0) is 66.7 Å². The van der Waals surface area contributed by atoms with E-state index in [1.54, 1.807) is 29.5 Å². The number of aromatic hydroxyl groups is 1. The van der Waals surface area contributed by atoms with Crippen molar-refractivity contribution >= 4 is 34.2 Å². The predicted molar refractivity (Wildman–Crippen MR) is 219 cm³/mol. The Balaban J connectivity index is 0.816. The summed E-state index contributed by atoms with van der Waals surface area (Å²) in [5.74, 6) is -0.296. The summed E-state index contributed by atoms with van der Waals surface area (Å²) in [6.45, 7) is 10.9. The first-order chi connectivity index (χ1) is 28.0. The molecule has 15 heteroatoms. The van der Waals surface area contributed by atoms with Gasteiger partial charge in [-0.15, -0.1) is 21.5 Å². The average Bonchev–Trinajstić information content (AvgIpc) is 4.01. The monoisotopic (exact) mass is 804 g/mol. The van der Waals surface area contributed by atoms with E-state index in [-0.39, 0.29) is 42.5 Å². The molecule has 0 saturated carbocycles. The Morgan fingerprint density at radius 2 is 1.84 bits per heavy atom. The van der Waals surface area contributed by atoms with E-state index in [9.17, 15) is 19.8 Å². The summed E-state index contributed by atoms with van der Waals surface area (Å²) in [6, 6.07) is 19.6. The van der Waals surface area contributed by atoms with Gasteiger partial charge in [0.15, 0.2) is 5.76 Å². The van der Waals surface area contributed by atoms with Gasteiger partial charge in [0.1, 0.15) is 23.2 Å². The molecule has 6 aromatic rings. The molecule has 6 heterocycles. The molecule has 14 nitrogen and oxygen atoms in total. The summed E-state index contributed by atoms with van der Waals surface area (Å²) in [5.41, 5.74) is 8.87. The number of carbonyl (C=O) groups excluding carboxylic acids is 2. The van der Waals surface area contributed by atoms with Gasteiger partial charge >= 0.3 is 0 Å². The van der Waals surface area contributed by atoms with Crippen LogP contribution in [-0.4, -0.2) is 102 Å². The minimum atomic E-state index is -0.822. The summed E-state index contributed by atoms with van der Waals surface area (Å²) in [7, 11) is 0. The summed E-state index contributed by atoms with van der Waals surface area (Å²) in [4.78, 5) is 40.5. The van der Waals surface area contributed by atoms with E-state index in [1.165, 1.54) is 4.90 Å². The molecule has 4 N–H and O–H groups in total. The number of aromatic amines is 1. The molecule has 1 unspecified atom stereocenters. The van der Waals surface area contributed by atoms with Gasteiger partial charge in [0.2, 0.25) is 11.8 Å². The number of aryl methyl sites for hydroxylation is 1. The lowest BCUT2D eigenvalue weighted by atomic mass is 9.91. The lowest BCUT2D eigenvalue weighted by Crippen LogP contribution is -2.48. The van der Waals surface area contributed by atoms with Crippen LogP contribution in [-0.2, 0) is 9.59 Å². The molecule has 8 rings (SSSR count). The van der Waals surface area contributed by atoms with Crippen LogP contribution >= 0.6 is 11.3 Å². The number of aromatic nitrogens is 5. The van der Waals surface area contributed by atoms with Crippen molar-refractivity contribution in [2.75, 3.05) is 32.8 Å². The molecule has 2 aliphatic rings. The van der Waals surface area contributed by atoms with Crippen LogP contribution in [0.2, 0.25) is 0 Å². The van der Waals surface area contributed by atoms with Crippen LogP contribution in [0.25, 0.3) is 32.7 Å². The van der Waals surface area contributed by atoms with Crippen LogP contribution in [0.15, 0.2) is 76.8 Å². The van der Waals surface area contributed by atoms with Crippen molar-refractivity contribution in [2.24, 2.45) is 5.92 Å². The third-order valence-corrected chi connectivity index (χ3v) is 12.2. The quantitative estimate of drug-likeness (QED) is 0.0921. The minimum Gasteiger partial charge on any atom is -0.507 e. The number of para-hydroxylation sites is 1. The summed E-state index contributed by atoms with van der Waals surface area (Å²) in [6.07, 6.45) is 0.112. The number of nitrogens with zero attached hydrogens (tertiary/aromatic N) is 6. The number of β-amino-alcohol motifs (C(OH)–C–C–N with tert-alkyl or cyclic N) is 1. The Morgan fingerprint density at radius 1 is 1.05 bits per heavy atom. The normalized spacial score (nSPS) is 18.4. The molecule has 2 fully saturated rings. The van der Waals surface area contributed by atoms with E-state index in [0.717, 1.165) is 64.5 Å². The van der Waals surface area contributed by atoms with E-state index in [4.69, 9.17) is 9.26 Å². The summed E-state index contributed by atoms with van der Waals surface area (Å²) < 4.78 is 11.6. The van der Waals surface area contributed by atoms with Gasteiger partial charge in [0, 0.05) is 55.8 Å². The number of fused-ring (bicyclic) bond motifs is 1. The standard InChI is InChI=1S/C43H48N8O6S/c1-24(2)40(43(55)51-22-30(52)16-36(51)42(54)45-25(3)27-10-12-28(13-11-27)41-26(4)44-23-58-41)38-19-39(49-57-38)56-15-7-14-50-20-29(21-50)32-17-35-34(46-32)18-33(47-48-35)31-8-5-6-9-37(31)53/h5-6,8-13,17-19,23-25,29-30,36,40,46,52-53H,7,14-16,20-22H2,1-4H3,(H,45,54)/t25-,30+,36?,40+/m0/s1. The molecular formula is C43H48N8O6S. The van der Waals surface area contributed by atoms with Gasteiger partial charge in [-0.25, -0.2) is 4.98 Å². The van der Waals surface area contributed by atoms with Gasteiger partial charge in [-0.2, -0.15) is 0 Å². The number of H-pyrrole nitrogens is 1. The Kier molecular flexibility index (Phi) is 11.3. The van der Waals surface area contributed by atoms with E-state index in [2.05, 4.69) is 35.5 Å². The fourth-order valence-corrected chi connectivity index (χ4v) is 8.82. The van der Waals surface area contributed by atoms with Crippen LogP contribution in [0, 0.1) is 12.8 Å². The molecule has 4 atom stereocenters. The Morgan fingerprint density at radius 3 is 2.59 bits per heavy atom. The van der Waals surface area contributed by atoms with E-state index < -0.39 is 18.1 Å². The van der Waals surface area contributed by atoms with Crippen molar-refractivity contribution < 1.29 is 29.1 Å². The zero-order valence-electron chi connectivity index (χ0n) is 33.0. The lowest BCUT2D eigenvalue weighted by molar-refractivity contribution is -0.141. The van der Waals surface area contributed by atoms with Gasteiger partial charge in [0.05, 0.1) is 46.0 Å². The number of likely N-dealkylation sites (tertiary alicyclic amines) is 2. The highest BCUT2D eigenvalue weighted by Gasteiger charge is 2.43. The van der Waals surface area contributed by atoms with E-state index in [1.807, 2.05) is 81.7 Å². The number of benzene rings is 2. The zero-order valence-corrected chi connectivity index (χ0v) is 33.8. The van der Waals surface area contributed by atoms with Crippen molar-refractivity contribution in [2.45, 2.75) is 70.6 Å². The molecule has 2 aliphatic heterocycles. The first kappa shape index (κ1) is 39.2. The van der Waals surface area contributed by atoms with Crippen LogP contribution < -0.4 is 10.1 Å². The molecule has 58 heavy (non-hydrogen) atoms. The topological polar surface area (TPSA) is 183 Å². The maximum Gasteiger partial charge on any atom is 0.254 e. The molecule has 0 aliphatic carbocycles. The van der Waals surface area contributed by atoms with Gasteiger partial charge < -0.3 is 39.6 Å². The largest absolute Gasteiger partial charge is 0.507 e. The van der Waals surface area contributed by atoms with Gasteiger partial charge in [-0.1, -0.05) is 50.2 Å². The molecule has 4 aromatic heterocycles. The summed E-state index contributed by atoms with van der Waals surface area (Å²) >= 11 is 1.59. The summed E-state index contributed by atoms with van der Waals surface area (Å²) in [5, 5.41) is 36.7. The number of amides is 2. The van der Waals surface area contributed by atoms with Crippen molar-refractivity contribution in [3.8, 4) is 33.3 Å². The molecule has 0 radical (unpaired) electrons. The second-order valence-corrected chi connectivity index (χ2v) is 16.6. The van der Waals surface area contributed by atoms with Crippen LogP contribution in [0.1, 0.15) is 74.2 Å². The molecular weight excluding hydrogens is 757 g/mol. The number of rotatable bonds is 14. The van der Waals surface area contributed by atoms with E-state index >= 15 is 0 Å². The first-order valence-corrected chi connectivity index (χ1v) is 20.7. The van der Waals surface area contributed by atoms with Crippen molar-refractivity contribution in [1.29, 1.82) is 0 Å². The highest BCUT2D eigenvalue weighted by molar-refractivity contribution is 7.13. The SMILES string of the molecule is Cc1ncsc1-c1ccc([C@H](C)NC(=O)C2C[C@@H](O)CN2C(=O)[C@@H](c2cc(OCCCN3CC(c4cc5nnc(-c6ccccc6O)cc5[nH]4)C3)no2)C(C)C)cc1. The number of carbonyl (C=O) groups is 2. The maximum atomic E-state index is 14.1. The Bertz CT molecular complexity index is 2390. The second kappa shape index (κ2) is 16.7. The third-order valence-electron chi connectivity index (χ3n) is 11.2. The predicted octanol–water partition coefficient (Wildman–Crippen LogP) is 6.20. The number of hydrogen-bond donors (Lipinski definition) is 4. The molecule has 0 spiro atoms. The number of hydrogen-bond acceptors (Lipinski definition) is 12. The van der Waals surface area contributed by atoms with Crippen LogP contribution in [0.5, 0.6) is 11.6 Å². The number of ether oxygens (including phenoxy) is 1. The van der Waals surface area contributed by atoms with Gasteiger partial charge in [0.25, 0.3) is 5.88 Å². The molecule has 2 aromatic carbocycles. The number of phenolic OH excluding ortho intramolecular Hbond substituents is 1. The van der Waals surface area contributed by atoms with E-state index in [0.29, 0.717) is 35.4 Å². The average molecular weight is 805 g/mol. The number of aliphatic hydroxyl groups is 1. The third kappa shape index (κ3) is 8.20. The molecule has 2 amide bonds. The first-order valence-electron chi connectivity index (χ1n) is 19.8. The maximum absolute atomic E-state index is 14.1. The van der Waals surface area contributed by atoms with Crippen molar-refractivity contribution in [3.63, 3.8) is 0 Å². The Labute approximate surface area is 340 Å². The smallest absolute Gasteiger partial charge is 0.254 e. The zero-order chi connectivity index (χ0) is 40.5. The number of nitrogens with one attached hydrogen (secondary N) is 2. The number of aliphatic hydroxyl groups excluding tert-OH is 1. The Hall–Kier alpha value is -5.64. The van der Waals surface area contributed by atoms with Crippen LogP contribution in [0.4, 0.5) is 0 Å². The lowest BCUT2D eigenvalue weighted by Gasteiger charge is -2.38.